The molecule has 0 nitrogen and oxygen atoms in total. The first kappa shape index (κ1) is 35.0. The van der Waals surface area contributed by atoms with Crippen molar-refractivity contribution in [2.24, 2.45) is 0 Å². The van der Waals surface area contributed by atoms with E-state index in [-0.39, 0.29) is 42.3 Å². The Morgan fingerprint density at radius 3 is 1.42 bits per heavy atom. The molecule has 0 heterocycles. The molecule has 1 atom stereocenters. The smallest absolute Gasteiger partial charge is 1.00 e. The number of benzene rings is 3. The zero-order valence-electron chi connectivity index (χ0n) is 23.9. The van der Waals surface area contributed by atoms with E-state index in [9.17, 15) is 0 Å². The van der Waals surface area contributed by atoms with Crippen LogP contribution < -0.4 is 52.8 Å². The first-order valence-electron chi connectivity index (χ1n) is 13.0. The largest absolute Gasteiger partial charge is 1.00 e. The van der Waals surface area contributed by atoms with Crippen LogP contribution in [-0.2, 0) is 33.3 Å². The van der Waals surface area contributed by atoms with Gasteiger partial charge in [-0.2, -0.15) is 0 Å². The maximum Gasteiger partial charge on any atom is -1.00 e. The Labute approximate surface area is 262 Å². The van der Waals surface area contributed by atoms with Crippen LogP contribution in [0.2, 0.25) is 5.04 Å². The first-order chi connectivity index (χ1) is 16.6. The van der Waals surface area contributed by atoms with Gasteiger partial charge in [-0.15, -0.1) is 0 Å². The molecule has 4 rings (SSSR count). The molecule has 0 aromatic heterocycles. The minimum absolute atomic E-state index is 0. The van der Waals surface area contributed by atoms with E-state index in [0.717, 1.165) is 12.8 Å². The van der Waals surface area contributed by atoms with Crippen LogP contribution in [0.4, 0.5) is 0 Å². The van der Waals surface area contributed by atoms with Crippen LogP contribution in [0.1, 0.15) is 63.8 Å². The molecule has 38 heavy (non-hydrogen) atoms. The number of hydrogen-bond acceptors (Lipinski definition) is 0. The molecule has 1 aliphatic carbocycles. The summed E-state index contributed by atoms with van der Waals surface area (Å²) >= 11 is 2.41. The molecule has 3 aromatic rings. The van der Waals surface area contributed by atoms with Gasteiger partial charge >= 0.3 is 227 Å². The maximum atomic E-state index is 2.57. The van der Waals surface area contributed by atoms with Crippen molar-refractivity contribution in [2.75, 3.05) is 0 Å². The van der Waals surface area contributed by atoms with Gasteiger partial charge < -0.3 is 37.2 Å². The third-order valence-corrected chi connectivity index (χ3v) is 16.1. The molecule has 0 N–H and O–H groups in total. The van der Waals surface area contributed by atoms with Gasteiger partial charge in [-0.3, -0.25) is 0 Å². The summed E-state index contributed by atoms with van der Waals surface area (Å²) in [5, 5.41) is 4.53. The third kappa shape index (κ3) is 5.45. The minimum Gasteiger partial charge on any atom is -1.00 e. The van der Waals surface area contributed by atoms with Gasteiger partial charge in [-0.1, -0.05) is 0 Å². The number of hydrogen-bond donors (Lipinski definition) is 0. The normalized spacial score (nSPS) is 17.1. The number of aryl methyl sites for hydroxylation is 4. The predicted molar refractivity (Wildman–Crippen MR) is 152 cm³/mol. The van der Waals surface area contributed by atoms with E-state index in [1.807, 2.05) is 0 Å². The van der Waals surface area contributed by atoms with E-state index >= 15 is 0 Å². The van der Waals surface area contributed by atoms with Crippen molar-refractivity contribution >= 4 is 23.6 Å². The molecule has 0 fully saturated rings. The van der Waals surface area contributed by atoms with Crippen molar-refractivity contribution < 1.29 is 57.7 Å². The van der Waals surface area contributed by atoms with E-state index in [2.05, 4.69) is 143 Å². The zero-order chi connectivity index (χ0) is 25.5. The molecule has 200 valence electrons. The van der Waals surface area contributed by atoms with Gasteiger partial charge in [0, 0.05) is 0 Å². The molecule has 1 unspecified atom stereocenters. The van der Waals surface area contributed by atoms with E-state index < -0.39 is 8.07 Å². The van der Waals surface area contributed by atoms with Crippen molar-refractivity contribution in [3.05, 3.63) is 110 Å². The third-order valence-electron chi connectivity index (χ3n) is 8.70. The Kier molecular flexibility index (Phi) is 12.5. The zero-order valence-corrected chi connectivity index (χ0v) is 28.7. The van der Waals surface area contributed by atoms with Gasteiger partial charge in [0.15, 0.2) is 0 Å². The van der Waals surface area contributed by atoms with Gasteiger partial charge in [-0.25, -0.2) is 0 Å². The molecule has 0 aliphatic heterocycles. The summed E-state index contributed by atoms with van der Waals surface area (Å²) in [4.78, 5) is 0. The second-order valence-corrected chi connectivity index (χ2v) is 15.6. The summed E-state index contributed by atoms with van der Waals surface area (Å²) in [5.74, 6) is 0. The molecule has 0 radical (unpaired) electrons. The second-order valence-electron chi connectivity index (χ2n) is 10.6. The molecule has 0 bridgehead atoms. The van der Waals surface area contributed by atoms with Gasteiger partial charge in [0.1, 0.15) is 0 Å². The molecule has 0 saturated carbocycles. The summed E-state index contributed by atoms with van der Waals surface area (Å²) in [5.41, 5.74) is 10.1. The molecule has 1 aliphatic rings. The molecule has 5 heteroatoms. The Hall–Kier alpha value is -1.06. The van der Waals surface area contributed by atoms with E-state index in [0.29, 0.717) is 0 Å². The quantitative estimate of drug-likeness (QED) is 0.219. The van der Waals surface area contributed by atoms with E-state index in [4.69, 9.17) is 0 Å². The monoisotopic (exact) mass is 616 g/mol. The Bertz CT molecular complexity index is 1260. The van der Waals surface area contributed by atoms with Crippen LogP contribution in [0.25, 0.3) is 0 Å². The number of allylic oxidation sites excluding steroid dienone is 4. The standard InChI is InChI=1S/C33H39Si.3ClH.Ti/c1-9-28-19-29(10-2)21-32(20-28)34(30-15-11-13-23(3)17-30,31-16-12-14-24(4)18-31)33(8)22-25(5)26(6)27(33)7;;;;/h11-21H,9-10H2,1-8H3;3*1H;/q;;;;+3/p-3. The fourth-order valence-corrected chi connectivity index (χ4v) is 14.3. The summed E-state index contributed by atoms with van der Waals surface area (Å²) in [6.07, 6.45) is 2.12. The Morgan fingerprint density at radius 2 is 1.08 bits per heavy atom. The van der Waals surface area contributed by atoms with Crippen molar-refractivity contribution in [3.63, 3.8) is 0 Å². The van der Waals surface area contributed by atoms with Crippen LogP contribution in [0.3, 0.4) is 0 Å². The average molecular weight is 618 g/mol. The van der Waals surface area contributed by atoms with Crippen LogP contribution in [0.15, 0.2) is 87.3 Å². The molecule has 0 spiro atoms. The number of halogens is 3. The van der Waals surface area contributed by atoms with Gasteiger partial charge in [-0.05, 0) is 0 Å². The molecular weight excluding hydrogens is 579 g/mol. The summed E-state index contributed by atoms with van der Waals surface area (Å²) in [6, 6.07) is 26.5. The van der Waals surface area contributed by atoms with Gasteiger partial charge in [0.2, 0.25) is 0 Å². The molecule has 0 saturated heterocycles. The van der Waals surface area contributed by atoms with Gasteiger partial charge in [0.05, 0.1) is 0 Å². The average Bonchev–Trinajstić information content (AvgIpc) is 3.00. The Balaban J connectivity index is 0.00000241. The van der Waals surface area contributed by atoms with Crippen LogP contribution in [-0.4, -0.2) is 8.07 Å². The minimum atomic E-state index is -2.60. The van der Waals surface area contributed by atoms with E-state index in [1.165, 1.54) is 43.8 Å². The summed E-state index contributed by atoms with van der Waals surface area (Å²) in [6.45, 7) is 18.7. The summed E-state index contributed by atoms with van der Waals surface area (Å²) in [7, 11) is -2.60. The van der Waals surface area contributed by atoms with Crippen molar-refractivity contribution in [3.8, 4) is 0 Å². The van der Waals surface area contributed by atoms with Crippen molar-refractivity contribution in [1.82, 2.24) is 0 Å². The van der Waals surface area contributed by atoms with Crippen LogP contribution >= 0.6 is 0 Å². The first-order valence-corrected chi connectivity index (χ1v) is 15.8. The van der Waals surface area contributed by atoms with Crippen molar-refractivity contribution in [1.29, 1.82) is 0 Å². The molecule has 3 aromatic carbocycles. The Morgan fingerprint density at radius 1 is 0.632 bits per heavy atom. The summed E-state index contributed by atoms with van der Waals surface area (Å²) < 4.78 is 1.54. The number of rotatable bonds is 6. The predicted octanol–water partition coefficient (Wildman–Crippen LogP) is -2.16. The fourth-order valence-electron chi connectivity index (χ4n) is 6.39. The van der Waals surface area contributed by atoms with Gasteiger partial charge in [0.25, 0.3) is 0 Å². The fraction of sp³-hybridized carbons (Fsp3) is 0.333. The topological polar surface area (TPSA) is 0 Å². The molecular formula is C33H39Cl3SiTi. The van der Waals surface area contributed by atoms with Crippen LogP contribution in [0, 0.1) is 13.8 Å². The maximum absolute atomic E-state index is 2.60. The van der Waals surface area contributed by atoms with E-state index in [1.54, 1.807) is 14.6 Å². The SMILES string of the molecule is CCc1cc(CC)cc([Si](c2cccc(C)c2)(c2cccc(C)c2)C2(C)C(C)=C(C)C(C)=[C]2[Ti+3])c1.[Cl-].[Cl-].[Cl-]. The second kappa shape index (κ2) is 13.5. The van der Waals surface area contributed by atoms with Crippen LogP contribution in [0.5, 0.6) is 0 Å². The van der Waals surface area contributed by atoms with Crippen molar-refractivity contribution in [2.45, 2.75) is 73.3 Å². The molecule has 0 amide bonds.